The maximum atomic E-state index is 12.3. The van der Waals surface area contributed by atoms with E-state index in [9.17, 15) is 4.79 Å². The standard InChI is InChI=1S/C19H19N3O3/c23-12-13-25-18-5-2-1-4-16(18)14-20-19(24)15-6-8-17(9-7-15)22-11-3-10-21-22/h1-11,23H,12-14H2,(H,20,24). The Labute approximate surface area is 145 Å². The summed E-state index contributed by atoms with van der Waals surface area (Å²) in [5, 5.41) is 15.9. The van der Waals surface area contributed by atoms with Gasteiger partial charge < -0.3 is 15.2 Å². The number of hydrogen-bond acceptors (Lipinski definition) is 4. The third-order valence-electron chi connectivity index (χ3n) is 3.66. The van der Waals surface area contributed by atoms with Crippen LogP contribution in [0.3, 0.4) is 0 Å². The first-order valence-electron chi connectivity index (χ1n) is 7.98. The van der Waals surface area contributed by atoms with Gasteiger partial charge in [0.1, 0.15) is 12.4 Å². The van der Waals surface area contributed by atoms with Gasteiger partial charge in [-0.05, 0) is 36.4 Å². The van der Waals surface area contributed by atoms with Crippen LogP contribution in [-0.2, 0) is 6.54 Å². The molecule has 25 heavy (non-hydrogen) atoms. The molecule has 3 rings (SSSR count). The molecule has 0 atom stereocenters. The number of benzene rings is 2. The SMILES string of the molecule is O=C(NCc1ccccc1OCCO)c1ccc(-n2cccn2)cc1. The van der Waals surface area contributed by atoms with Crippen LogP contribution in [0.25, 0.3) is 5.69 Å². The van der Waals surface area contributed by atoms with Crippen molar-refractivity contribution in [1.82, 2.24) is 15.1 Å². The Balaban J connectivity index is 1.63. The number of rotatable bonds is 7. The molecule has 0 saturated heterocycles. The van der Waals surface area contributed by atoms with Crippen LogP contribution >= 0.6 is 0 Å². The maximum absolute atomic E-state index is 12.3. The normalized spacial score (nSPS) is 10.4. The van der Waals surface area contributed by atoms with Crippen molar-refractivity contribution in [2.45, 2.75) is 6.54 Å². The highest BCUT2D eigenvalue weighted by atomic mass is 16.5. The molecular weight excluding hydrogens is 318 g/mol. The average Bonchev–Trinajstić information content (AvgIpc) is 3.20. The van der Waals surface area contributed by atoms with Gasteiger partial charge in [0.2, 0.25) is 0 Å². The molecule has 1 heterocycles. The van der Waals surface area contributed by atoms with Crippen LogP contribution in [0, 0.1) is 0 Å². The van der Waals surface area contributed by atoms with Crippen molar-refractivity contribution in [3.63, 3.8) is 0 Å². The lowest BCUT2D eigenvalue weighted by molar-refractivity contribution is 0.0950. The second-order valence-corrected chi connectivity index (χ2v) is 5.36. The number of carbonyl (C=O) groups is 1. The number of aromatic nitrogens is 2. The number of nitrogens with zero attached hydrogens (tertiary/aromatic N) is 2. The Morgan fingerprint density at radius 2 is 1.92 bits per heavy atom. The van der Waals surface area contributed by atoms with E-state index in [1.165, 1.54) is 0 Å². The number of aliphatic hydroxyl groups is 1. The van der Waals surface area contributed by atoms with Crippen molar-refractivity contribution in [2.75, 3.05) is 13.2 Å². The quantitative estimate of drug-likeness (QED) is 0.693. The third kappa shape index (κ3) is 4.24. The van der Waals surface area contributed by atoms with Crippen molar-refractivity contribution in [1.29, 1.82) is 0 Å². The number of para-hydroxylation sites is 1. The number of ether oxygens (including phenoxy) is 1. The van der Waals surface area contributed by atoms with E-state index in [4.69, 9.17) is 9.84 Å². The van der Waals surface area contributed by atoms with Crippen LogP contribution in [0.15, 0.2) is 67.0 Å². The van der Waals surface area contributed by atoms with Crippen LogP contribution in [0.5, 0.6) is 5.75 Å². The van der Waals surface area contributed by atoms with Crippen LogP contribution in [0.4, 0.5) is 0 Å². The number of amides is 1. The molecule has 0 radical (unpaired) electrons. The molecule has 0 saturated carbocycles. The summed E-state index contributed by atoms with van der Waals surface area (Å²) in [6, 6.07) is 16.5. The lowest BCUT2D eigenvalue weighted by Crippen LogP contribution is -2.23. The summed E-state index contributed by atoms with van der Waals surface area (Å²) >= 11 is 0. The Kier molecular flexibility index (Phi) is 5.43. The summed E-state index contributed by atoms with van der Waals surface area (Å²) in [6.45, 7) is 0.518. The molecule has 0 aliphatic rings. The van der Waals surface area contributed by atoms with E-state index >= 15 is 0 Å². The zero-order valence-electron chi connectivity index (χ0n) is 13.6. The molecule has 1 aromatic heterocycles. The summed E-state index contributed by atoms with van der Waals surface area (Å²) in [5.74, 6) is 0.495. The number of nitrogens with one attached hydrogen (secondary N) is 1. The second-order valence-electron chi connectivity index (χ2n) is 5.36. The molecule has 128 valence electrons. The zero-order valence-corrected chi connectivity index (χ0v) is 13.6. The van der Waals surface area contributed by atoms with Gasteiger partial charge >= 0.3 is 0 Å². The molecule has 0 aliphatic carbocycles. The van der Waals surface area contributed by atoms with Gasteiger partial charge in [-0.15, -0.1) is 0 Å². The van der Waals surface area contributed by atoms with Gasteiger partial charge in [-0.3, -0.25) is 4.79 Å². The topological polar surface area (TPSA) is 76.4 Å². The zero-order chi connectivity index (χ0) is 17.5. The number of aliphatic hydroxyl groups excluding tert-OH is 1. The van der Waals surface area contributed by atoms with Crippen LogP contribution in [-0.4, -0.2) is 34.0 Å². The molecule has 2 N–H and O–H groups in total. The fourth-order valence-electron chi connectivity index (χ4n) is 2.41. The van der Waals surface area contributed by atoms with Crippen LogP contribution in [0.2, 0.25) is 0 Å². The highest BCUT2D eigenvalue weighted by Crippen LogP contribution is 2.18. The smallest absolute Gasteiger partial charge is 0.251 e. The molecule has 6 nitrogen and oxygen atoms in total. The molecule has 0 fully saturated rings. The van der Waals surface area contributed by atoms with E-state index < -0.39 is 0 Å². The second kappa shape index (κ2) is 8.12. The van der Waals surface area contributed by atoms with Crippen LogP contribution in [0.1, 0.15) is 15.9 Å². The van der Waals surface area contributed by atoms with E-state index in [0.717, 1.165) is 11.3 Å². The van der Waals surface area contributed by atoms with Crippen molar-refractivity contribution in [3.05, 3.63) is 78.1 Å². The summed E-state index contributed by atoms with van der Waals surface area (Å²) in [7, 11) is 0. The van der Waals surface area contributed by atoms with Gasteiger partial charge in [0, 0.05) is 30.1 Å². The van der Waals surface area contributed by atoms with E-state index in [-0.39, 0.29) is 19.1 Å². The minimum atomic E-state index is -0.163. The van der Waals surface area contributed by atoms with Gasteiger partial charge in [-0.25, -0.2) is 4.68 Å². The van der Waals surface area contributed by atoms with E-state index in [1.807, 2.05) is 48.7 Å². The van der Waals surface area contributed by atoms with Gasteiger partial charge in [0.15, 0.2) is 0 Å². The first-order chi connectivity index (χ1) is 12.3. The van der Waals surface area contributed by atoms with Gasteiger partial charge in [-0.2, -0.15) is 5.10 Å². The highest BCUT2D eigenvalue weighted by Gasteiger charge is 2.08. The highest BCUT2D eigenvalue weighted by molar-refractivity contribution is 5.94. The molecule has 3 aromatic rings. The minimum absolute atomic E-state index is 0.0523. The van der Waals surface area contributed by atoms with Gasteiger partial charge in [0.25, 0.3) is 5.91 Å². The van der Waals surface area contributed by atoms with E-state index in [0.29, 0.717) is 17.9 Å². The maximum Gasteiger partial charge on any atom is 0.251 e. The molecule has 0 unspecified atom stereocenters. The van der Waals surface area contributed by atoms with Gasteiger partial charge in [0.05, 0.1) is 12.3 Å². The summed E-state index contributed by atoms with van der Waals surface area (Å²) < 4.78 is 7.20. The first-order valence-corrected chi connectivity index (χ1v) is 7.98. The average molecular weight is 337 g/mol. The first kappa shape index (κ1) is 16.7. The van der Waals surface area contributed by atoms with E-state index in [2.05, 4.69) is 10.4 Å². The molecule has 1 amide bonds. The summed E-state index contributed by atoms with van der Waals surface area (Å²) in [6.07, 6.45) is 3.55. The summed E-state index contributed by atoms with van der Waals surface area (Å²) in [5.41, 5.74) is 2.33. The molecule has 6 heteroatoms. The lowest BCUT2D eigenvalue weighted by Gasteiger charge is -2.11. The molecule has 0 bridgehead atoms. The third-order valence-corrected chi connectivity index (χ3v) is 3.66. The molecule has 0 aliphatic heterocycles. The molecule has 0 spiro atoms. The Morgan fingerprint density at radius 1 is 1.12 bits per heavy atom. The van der Waals surface area contributed by atoms with Crippen molar-refractivity contribution in [2.24, 2.45) is 0 Å². The predicted octanol–water partition coefficient (Wildman–Crippen LogP) is 2.17. The Bertz CT molecular complexity index is 814. The number of carbonyl (C=O) groups excluding carboxylic acids is 1. The fourth-order valence-corrected chi connectivity index (χ4v) is 2.41. The predicted molar refractivity (Wildman–Crippen MR) is 93.8 cm³/mol. The lowest BCUT2D eigenvalue weighted by atomic mass is 10.1. The van der Waals surface area contributed by atoms with Crippen LogP contribution < -0.4 is 10.1 Å². The van der Waals surface area contributed by atoms with Crippen molar-refractivity contribution in [3.8, 4) is 11.4 Å². The van der Waals surface area contributed by atoms with E-state index in [1.54, 1.807) is 23.0 Å². The minimum Gasteiger partial charge on any atom is -0.491 e. The Morgan fingerprint density at radius 3 is 2.64 bits per heavy atom. The van der Waals surface area contributed by atoms with Gasteiger partial charge in [-0.1, -0.05) is 18.2 Å². The summed E-state index contributed by atoms with van der Waals surface area (Å²) in [4.78, 5) is 12.3. The van der Waals surface area contributed by atoms with Crippen molar-refractivity contribution < 1.29 is 14.6 Å². The number of hydrogen-bond donors (Lipinski definition) is 2. The monoisotopic (exact) mass is 337 g/mol. The molecule has 2 aromatic carbocycles. The fraction of sp³-hybridized carbons (Fsp3) is 0.158. The van der Waals surface area contributed by atoms with Crippen molar-refractivity contribution >= 4 is 5.91 Å². The Hall–Kier alpha value is -3.12. The molecular formula is C19H19N3O3. The largest absolute Gasteiger partial charge is 0.491 e.